The van der Waals surface area contributed by atoms with Crippen molar-refractivity contribution in [1.29, 1.82) is 0 Å². The van der Waals surface area contributed by atoms with Crippen LogP contribution in [-0.4, -0.2) is 31.0 Å². The highest BCUT2D eigenvalue weighted by molar-refractivity contribution is 7.10. The first-order chi connectivity index (χ1) is 15.8. The van der Waals surface area contributed by atoms with Gasteiger partial charge < -0.3 is 14.6 Å². The standard InChI is InChI=1S/C25H22ClNO5S/c1-13-11-17(23(32-4)18(26)12-13)21(28)19-20(24-14(2)9-10-33-24)27(25(30)22(19)29)15-5-7-16(31-3)8-6-15/h5-12,20,28H,1-4H3/b21-19+. The summed E-state index contributed by atoms with van der Waals surface area (Å²) in [6, 6.07) is 11.4. The van der Waals surface area contributed by atoms with Gasteiger partial charge in [0.2, 0.25) is 0 Å². The second kappa shape index (κ2) is 8.92. The number of anilines is 1. The fraction of sp³-hybridized carbons (Fsp3) is 0.200. The predicted octanol–water partition coefficient (Wildman–Crippen LogP) is 5.66. The summed E-state index contributed by atoms with van der Waals surface area (Å²) in [6.45, 7) is 3.73. The average molecular weight is 484 g/mol. The molecule has 1 aromatic heterocycles. The average Bonchev–Trinajstić information content (AvgIpc) is 3.33. The van der Waals surface area contributed by atoms with Crippen molar-refractivity contribution in [2.45, 2.75) is 19.9 Å². The lowest BCUT2D eigenvalue weighted by Crippen LogP contribution is -2.29. The van der Waals surface area contributed by atoms with Gasteiger partial charge in [-0.25, -0.2) is 0 Å². The second-order valence-electron chi connectivity index (χ2n) is 7.66. The van der Waals surface area contributed by atoms with Gasteiger partial charge in [0.1, 0.15) is 23.3 Å². The van der Waals surface area contributed by atoms with Crippen molar-refractivity contribution in [3.63, 3.8) is 0 Å². The molecule has 0 aliphatic carbocycles. The SMILES string of the molecule is COc1ccc(N2C(=O)C(=O)/C(=C(/O)c3cc(C)cc(Cl)c3OC)C2c2sccc2C)cc1. The van der Waals surface area contributed by atoms with E-state index in [1.165, 1.54) is 23.3 Å². The van der Waals surface area contributed by atoms with E-state index in [0.29, 0.717) is 16.5 Å². The van der Waals surface area contributed by atoms with Crippen molar-refractivity contribution in [3.05, 3.63) is 80.0 Å². The van der Waals surface area contributed by atoms with E-state index in [1.807, 2.05) is 25.3 Å². The molecule has 0 saturated carbocycles. The van der Waals surface area contributed by atoms with E-state index in [2.05, 4.69) is 0 Å². The highest BCUT2D eigenvalue weighted by Crippen LogP contribution is 2.46. The summed E-state index contributed by atoms with van der Waals surface area (Å²) in [6.07, 6.45) is 0. The molecule has 33 heavy (non-hydrogen) atoms. The molecule has 170 valence electrons. The molecule has 1 atom stereocenters. The Morgan fingerprint density at radius 2 is 1.76 bits per heavy atom. The number of ketones is 1. The van der Waals surface area contributed by atoms with Crippen molar-refractivity contribution < 1.29 is 24.2 Å². The maximum absolute atomic E-state index is 13.3. The number of nitrogens with zero attached hydrogens (tertiary/aromatic N) is 1. The molecule has 0 bridgehead atoms. The van der Waals surface area contributed by atoms with E-state index >= 15 is 0 Å². The molecule has 1 fully saturated rings. The number of carbonyl (C=O) groups excluding carboxylic acids is 2. The molecule has 2 aromatic carbocycles. The van der Waals surface area contributed by atoms with E-state index in [0.717, 1.165) is 16.0 Å². The van der Waals surface area contributed by atoms with Gasteiger partial charge in [-0.15, -0.1) is 11.3 Å². The number of ether oxygens (including phenoxy) is 2. The van der Waals surface area contributed by atoms with E-state index in [4.69, 9.17) is 21.1 Å². The van der Waals surface area contributed by atoms with Crippen LogP contribution in [0.2, 0.25) is 5.02 Å². The van der Waals surface area contributed by atoms with Crippen LogP contribution in [0, 0.1) is 13.8 Å². The molecular formula is C25H22ClNO5S. The number of Topliss-reactive ketones (excluding diaryl/α,β-unsaturated/α-hetero) is 1. The number of rotatable bonds is 5. The molecular weight excluding hydrogens is 462 g/mol. The quantitative estimate of drug-likeness (QED) is 0.288. The molecule has 1 unspecified atom stereocenters. The summed E-state index contributed by atoms with van der Waals surface area (Å²) in [4.78, 5) is 28.8. The molecule has 1 saturated heterocycles. The van der Waals surface area contributed by atoms with Crippen LogP contribution in [0.15, 0.2) is 53.4 Å². The lowest BCUT2D eigenvalue weighted by Gasteiger charge is -2.25. The van der Waals surface area contributed by atoms with Gasteiger partial charge in [0.05, 0.1) is 30.4 Å². The van der Waals surface area contributed by atoms with Crippen LogP contribution < -0.4 is 14.4 Å². The van der Waals surface area contributed by atoms with E-state index in [1.54, 1.807) is 43.5 Å². The topological polar surface area (TPSA) is 76.1 Å². The Hall–Kier alpha value is -3.29. The molecule has 1 aliphatic rings. The lowest BCUT2D eigenvalue weighted by atomic mass is 9.97. The number of amides is 1. The summed E-state index contributed by atoms with van der Waals surface area (Å²) in [5.74, 6) is -0.974. The summed E-state index contributed by atoms with van der Waals surface area (Å²) in [7, 11) is 2.99. The van der Waals surface area contributed by atoms with Gasteiger partial charge in [-0.3, -0.25) is 14.5 Å². The number of carbonyl (C=O) groups is 2. The van der Waals surface area contributed by atoms with Crippen LogP contribution >= 0.6 is 22.9 Å². The van der Waals surface area contributed by atoms with Crippen LogP contribution in [0.4, 0.5) is 5.69 Å². The molecule has 6 nitrogen and oxygen atoms in total. The Balaban J connectivity index is 1.98. The zero-order valence-electron chi connectivity index (χ0n) is 18.5. The number of aliphatic hydroxyl groups excluding tert-OH is 1. The first kappa shape index (κ1) is 22.9. The van der Waals surface area contributed by atoms with Gasteiger partial charge in [-0.2, -0.15) is 0 Å². The van der Waals surface area contributed by atoms with Crippen molar-refractivity contribution in [2.24, 2.45) is 0 Å². The Bertz CT molecular complexity index is 1280. The summed E-state index contributed by atoms with van der Waals surface area (Å²) >= 11 is 7.75. The van der Waals surface area contributed by atoms with Gasteiger partial charge >= 0.3 is 0 Å². The maximum Gasteiger partial charge on any atom is 0.300 e. The Labute approximate surface area is 200 Å². The summed E-state index contributed by atoms with van der Waals surface area (Å²) < 4.78 is 10.6. The van der Waals surface area contributed by atoms with Crippen molar-refractivity contribution in [1.82, 2.24) is 0 Å². The van der Waals surface area contributed by atoms with Crippen LogP contribution in [0.3, 0.4) is 0 Å². The van der Waals surface area contributed by atoms with Gasteiger partial charge in [0.15, 0.2) is 0 Å². The molecule has 1 N–H and O–H groups in total. The van der Waals surface area contributed by atoms with Gasteiger partial charge in [0, 0.05) is 10.6 Å². The fourth-order valence-electron chi connectivity index (χ4n) is 4.01. The largest absolute Gasteiger partial charge is 0.507 e. The highest BCUT2D eigenvalue weighted by Gasteiger charge is 2.48. The number of benzene rings is 2. The Kier molecular flexibility index (Phi) is 6.19. The third kappa shape index (κ3) is 3.87. The molecule has 1 aliphatic heterocycles. The molecule has 2 heterocycles. The highest BCUT2D eigenvalue weighted by atomic mass is 35.5. The molecule has 4 rings (SSSR count). The number of thiophene rings is 1. The van der Waals surface area contributed by atoms with Crippen LogP contribution in [-0.2, 0) is 9.59 Å². The van der Waals surface area contributed by atoms with Crippen LogP contribution in [0.1, 0.15) is 27.6 Å². The minimum atomic E-state index is -0.803. The molecule has 0 radical (unpaired) electrons. The first-order valence-corrected chi connectivity index (χ1v) is 11.4. The summed E-state index contributed by atoms with van der Waals surface area (Å²) in [5, 5.41) is 13.6. The minimum Gasteiger partial charge on any atom is -0.507 e. The maximum atomic E-state index is 13.3. The zero-order valence-corrected chi connectivity index (χ0v) is 20.1. The van der Waals surface area contributed by atoms with Crippen molar-refractivity contribution in [3.8, 4) is 11.5 Å². The molecule has 8 heteroatoms. The number of aliphatic hydroxyl groups is 1. The second-order valence-corrected chi connectivity index (χ2v) is 9.02. The lowest BCUT2D eigenvalue weighted by molar-refractivity contribution is -0.132. The predicted molar refractivity (Wildman–Crippen MR) is 130 cm³/mol. The van der Waals surface area contributed by atoms with Gasteiger partial charge in [-0.1, -0.05) is 11.6 Å². The smallest absolute Gasteiger partial charge is 0.300 e. The van der Waals surface area contributed by atoms with E-state index in [-0.39, 0.29) is 22.6 Å². The van der Waals surface area contributed by atoms with Crippen LogP contribution in [0.25, 0.3) is 5.76 Å². The molecule has 0 spiro atoms. The number of methoxy groups -OCH3 is 2. The van der Waals surface area contributed by atoms with Crippen LogP contribution in [0.5, 0.6) is 11.5 Å². The zero-order chi connectivity index (χ0) is 23.9. The number of hydrogen-bond donors (Lipinski definition) is 1. The normalized spacial score (nSPS) is 17.5. The fourth-order valence-corrected chi connectivity index (χ4v) is 5.39. The Morgan fingerprint density at radius 3 is 2.33 bits per heavy atom. The van der Waals surface area contributed by atoms with Crippen molar-refractivity contribution >= 4 is 46.1 Å². The number of aryl methyl sites for hydroxylation is 2. The van der Waals surface area contributed by atoms with E-state index < -0.39 is 17.7 Å². The molecule has 1 amide bonds. The number of hydrogen-bond acceptors (Lipinski definition) is 6. The van der Waals surface area contributed by atoms with E-state index in [9.17, 15) is 14.7 Å². The Morgan fingerprint density at radius 1 is 1.06 bits per heavy atom. The third-order valence-corrected chi connectivity index (χ3v) is 6.94. The minimum absolute atomic E-state index is 0.0127. The summed E-state index contributed by atoms with van der Waals surface area (Å²) in [5.41, 5.74) is 2.45. The first-order valence-electron chi connectivity index (χ1n) is 10.1. The third-order valence-electron chi connectivity index (χ3n) is 5.59. The van der Waals surface area contributed by atoms with Gasteiger partial charge in [-0.05, 0) is 72.8 Å². The van der Waals surface area contributed by atoms with Gasteiger partial charge in [0.25, 0.3) is 11.7 Å². The monoisotopic (exact) mass is 483 g/mol. The number of halogens is 1. The molecule has 3 aromatic rings. The van der Waals surface area contributed by atoms with Crippen molar-refractivity contribution in [2.75, 3.05) is 19.1 Å².